The number of anilines is 1. The lowest BCUT2D eigenvalue weighted by Crippen LogP contribution is -2.34. The topological polar surface area (TPSA) is 41.9 Å². The molecule has 32 heavy (non-hydrogen) atoms. The molecule has 0 radical (unpaired) electrons. The van der Waals surface area contributed by atoms with Crippen molar-refractivity contribution in [3.05, 3.63) is 99.5 Å². The Kier molecular flexibility index (Phi) is 7.27. The number of hydrogen-bond acceptors (Lipinski definition) is 3. The number of alkyl halides is 2. The van der Waals surface area contributed by atoms with E-state index >= 15 is 0 Å². The molecule has 0 saturated heterocycles. The van der Waals surface area contributed by atoms with Crippen molar-refractivity contribution in [1.29, 1.82) is 0 Å². The molecule has 0 fully saturated rings. The van der Waals surface area contributed by atoms with Crippen LogP contribution in [-0.2, 0) is 16.2 Å². The van der Waals surface area contributed by atoms with Crippen LogP contribution in [0, 0.1) is 0 Å². The summed E-state index contributed by atoms with van der Waals surface area (Å²) in [6, 6.07) is 22.5. The largest absolute Gasteiger partial charge is 0.394 e. The maximum absolute atomic E-state index is 12.8. The first-order valence-electron chi connectivity index (χ1n) is 9.83. The van der Waals surface area contributed by atoms with E-state index in [1.807, 2.05) is 54.6 Å². The molecule has 0 N–H and O–H groups in total. The first kappa shape index (κ1) is 22.9. The fourth-order valence-corrected chi connectivity index (χ4v) is 4.46. The van der Waals surface area contributed by atoms with Crippen molar-refractivity contribution in [3.8, 4) is 0 Å². The van der Waals surface area contributed by atoms with Crippen LogP contribution < -0.4 is 4.90 Å². The van der Waals surface area contributed by atoms with E-state index in [0.717, 1.165) is 11.1 Å². The monoisotopic (exact) mass is 506 g/mol. The van der Waals surface area contributed by atoms with Crippen molar-refractivity contribution in [2.45, 2.75) is 17.3 Å². The van der Waals surface area contributed by atoms with Crippen LogP contribution in [0.4, 0.5) is 5.69 Å². The van der Waals surface area contributed by atoms with Gasteiger partial charge in [0.2, 0.25) is 0 Å². The van der Waals surface area contributed by atoms with E-state index < -0.39 is 10.7 Å². The summed E-state index contributed by atoms with van der Waals surface area (Å²) in [5.41, 5.74) is 3.81. The number of halogens is 4. The molecule has 8 heteroatoms. The van der Waals surface area contributed by atoms with Crippen LogP contribution >= 0.6 is 46.4 Å². The molecular formula is C24H18Cl4N2O2. The van der Waals surface area contributed by atoms with Gasteiger partial charge in [0, 0.05) is 11.3 Å². The highest BCUT2D eigenvalue weighted by atomic mass is 35.5. The van der Waals surface area contributed by atoms with Crippen LogP contribution in [-0.4, -0.2) is 23.1 Å². The molecule has 1 atom stereocenters. The summed E-state index contributed by atoms with van der Waals surface area (Å²) >= 11 is 24.7. The van der Waals surface area contributed by atoms with Crippen molar-refractivity contribution in [3.63, 3.8) is 0 Å². The molecule has 4 nitrogen and oxygen atoms in total. The van der Waals surface area contributed by atoms with Gasteiger partial charge in [-0.1, -0.05) is 100 Å². The molecule has 1 aliphatic rings. The minimum absolute atomic E-state index is 0.205. The van der Waals surface area contributed by atoms with Gasteiger partial charge in [-0.2, -0.15) is 0 Å². The third-order valence-electron chi connectivity index (χ3n) is 5.17. The fourth-order valence-electron chi connectivity index (χ4n) is 3.63. The molecule has 0 aromatic heterocycles. The van der Waals surface area contributed by atoms with Crippen LogP contribution in [0.2, 0.25) is 10.0 Å². The van der Waals surface area contributed by atoms with Crippen LogP contribution in [0.5, 0.6) is 0 Å². The van der Waals surface area contributed by atoms with E-state index in [1.165, 1.54) is 0 Å². The van der Waals surface area contributed by atoms with Gasteiger partial charge < -0.3 is 9.74 Å². The third-order valence-corrected chi connectivity index (χ3v) is 6.18. The van der Waals surface area contributed by atoms with Crippen LogP contribution in [0.3, 0.4) is 0 Å². The Bertz CT molecular complexity index is 1130. The Balaban J connectivity index is 1.70. The smallest absolute Gasteiger partial charge is 0.260 e. The minimum atomic E-state index is -1.18. The number of amides is 1. The van der Waals surface area contributed by atoms with Crippen LogP contribution in [0.1, 0.15) is 22.6 Å². The molecule has 1 heterocycles. The molecule has 3 aromatic carbocycles. The van der Waals surface area contributed by atoms with Gasteiger partial charge in [-0.3, -0.25) is 4.79 Å². The van der Waals surface area contributed by atoms with E-state index in [1.54, 1.807) is 23.1 Å². The van der Waals surface area contributed by atoms with E-state index in [-0.39, 0.29) is 5.92 Å². The molecule has 0 aliphatic carbocycles. The lowest BCUT2D eigenvalue weighted by Gasteiger charge is -2.25. The fraction of sp³-hybridized carbons (Fsp3) is 0.167. The predicted octanol–water partition coefficient (Wildman–Crippen LogP) is 6.85. The number of nitrogens with zero attached hydrogens (tertiary/aromatic N) is 2. The lowest BCUT2D eigenvalue weighted by atomic mass is 9.90. The molecule has 0 bridgehead atoms. The molecule has 3 aromatic rings. The number of carbonyl (C=O) groups is 1. The number of hydrogen-bond donors (Lipinski definition) is 0. The highest BCUT2D eigenvalue weighted by Gasteiger charge is 2.30. The Morgan fingerprint density at radius 2 is 1.69 bits per heavy atom. The lowest BCUT2D eigenvalue weighted by molar-refractivity contribution is -0.117. The van der Waals surface area contributed by atoms with Crippen molar-refractivity contribution in [2.24, 2.45) is 5.16 Å². The van der Waals surface area contributed by atoms with Gasteiger partial charge in [0.15, 0.2) is 4.84 Å². The van der Waals surface area contributed by atoms with E-state index in [0.29, 0.717) is 40.2 Å². The van der Waals surface area contributed by atoms with E-state index in [4.69, 9.17) is 51.2 Å². The normalized spacial score (nSPS) is 15.4. The van der Waals surface area contributed by atoms with Crippen molar-refractivity contribution in [2.75, 3.05) is 11.5 Å². The first-order chi connectivity index (χ1) is 15.5. The first-order valence-corrected chi connectivity index (χ1v) is 11.5. The number of oxime groups is 1. The number of rotatable bonds is 6. The van der Waals surface area contributed by atoms with Gasteiger partial charge in [0.05, 0.1) is 22.5 Å². The van der Waals surface area contributed by atoms with E-state index in [2.05, 4.69) is 5.16 Å². The quantitative estimate of drug-likeness (QED) is 0.342. The molecule has 164 valence electrons. The standard InChI is InChI=1S/C24H18Cl4N2O2/c25-19-10-5-11-20(26)21(19)22-18(14-32-29-22)16-8-4-9-17(12-16)30(24(31)23(27)28)13-15-6-2-1-3-7-15/h1-12,18,23H,13-14H2. The highest BCUT2D eigenvalue weighted by Crippen LogP contribution is 2.35. The Labute approximate surface area is 206 Å². The summed E-state index contributed by atoms with van der Waals surface area (Å²) in [6.07, 6.45) is 0. The molecule has 1 aliphatic heterocycles. The average Bonchev–Trinajstić information content (AvgIpc) is 3.27. The van der Waals surface area contributed by atoms with Gasteiger partial charge in [-0.05, 0) is 35.4 Å². The van der Waals surface area contributed by atoms with Gasteiger partial charge in [0.1, 0.15) is 12.3 Å². The Morgan fingerprint density at radius 1 is 1.00 bits per heavy atom. The molecular weight excluding hydrogens is 490 g/mol. The van der Waals surface area contributed by atoms with Gasteiger partial charge in [0.25, 0.3) is 5.91 Å². The second-order valence-electron chi connectivity index (χ2n) is 7.23. The molecule has 0 spiro atoms. The molecule has 1 unspecified atom stereocenters. The summed E-state index contributed by atoms with van der Waals surface area (Å²) in [6.45, 7) is 0.665. The Morgan fingerprint density at radius 3 is 2.38 bits per heavy atom. The summed E-state index contributed by atoms with van der Waals surface area (Å²) in [4.78, 5) is 18.6. The average molecular weight is 508 g/mol. The van der Waals surface area contributed by atoms with Gasteiger partial charge >= 0.3 is 0 Å². The van der Waals surface area contributed by atoms with Crippen molar-refractivity contribution < 1.29 is 9.63 Å². The van der Waals surface area contributed by atoms with Gasteiger partial charge in [-0.15, -0.1) is 0 Å². The maximum atomic E-state index is 12.8. The number of benzene rings is 3. The van der Waals surface area contributed by atoms with E-state index in [9.17, 15) is 4.79 Å². The third kappa shape index (κ3) is 4.89. The predicted molar refractivity (Wildman–Crippen MR) is 131 cm³/mol. The zero-order valence-corrected chi connectivity index (χ0v) is 19.7. The second-order valence-corrected chi connectivity index (χ2v) is 9.14. The zero-order valence-electron chi connectivity index (χ0n) is 16.7. The summed E-state index contributed by atoms with van der Waals surface area (Å²) in [5, 5.41) is 5.21. The van der Waals surface area contributed by atoms with Crippen LogP contribution in [0.25, 0.3) is 0 Å². The summed E-state index contributed by atoms with van der Waals surface area (Å²) in [5.74, 6) is -0.608. The van der Waals surface area contributed by atoms with Crippen molar-refractivity contribution >= 4 is 63.7 Å². The SMILES string of the molecule is O=C(C(Cl)Cl)N(Cc1ccccc1)c1cccc(C2CON=C2c2c(Cl)cccc2Cl)c1. The minimum Gasteiger partial charge on any atom is -0.394 e. The maximum Gasteiger partial charge on any atom is 0.260 e. The molecule has 0 saturated carbocycles. The summed E-state index contributed by atoms with van der Waals surface area (Å²) in [7, 11) is 0. The molecule has 1 amide bonds. The molecule has 4 rings (SSSR count). The Hall–Kier alpha value is -2.24. The second kappa shape index (κ2) is 10.1. The van der Waals surface area contributed by atoms with Gasteiger partial charge in [-0.25, -0.2) is 0 Å². The van der Waals surface area contributed by atoms with Crippen LogP contribution in [0.15, 0.2) is 78.0 Å². The highest BCUT2D eigenvalue weighted by molar-refractivity contribution is 6.54. The zero-order chi connectivity index (χ0) is 22.7. The van der Waals surface area contributed by atoms with Crippen molar-refractivity contribution in [1.82, 2.24) is 0 Å². The summed E-state index contributed by atoms with van der Waals surface area (Å²) < 4.78 is 0. The number of carbonyl (C=O) groups excluding carboxylic acids is 1.